The first-order valence-electron chi connectivity index (χ1n) is 18.7. The minimum Gasteiger partial charge on any atom is -0.391 e. The van der Waals surface area contributed by atoms with Crippen molar-refractivity contribution < 1.29 is 60.4 Å². The van der Waals surface area contributed by atoms with Crippen LogP contribution < -0.4 is 5.73 Å². The number of carbonyl (C=O) groups is 1. The summed E-state index contributed by atoms with van der Waals surface area (Å²) in [5.74, 6) is 0. The molecule has 0 spiro atoms. The number of nitrogens with two attached hydrogens (primary N) is 1. The summed E-state index contributed by atoms with van der Waals surface area (Å²) < 4.78 is 144. The molecule has 0 aliphatic carbocycles. The Bertz CT molecular complexity index is 3600. The lowest BCUT2D eigenvalue weighted by atomic mass is 10.5. The molecular weight excluding hydrogens is 1310 g/mol. The first-order valence-corrected chi connectivity index (χ1v) is 37.9. The number of carbonyl (C=O) groups excluding carboxylic acids is 1. The molecule has 8 heterocycles. The second kappa shape index (κ2) is 27.4. The lowest BCUT2D eigenvalue weighted by molar-refractivity contribution is 0.112. The molecule has 8 rings (SSSR count). The fourth-order valence-electron chi connectivity index (χ4n) is 4.57. The fraction of sp³-hybridized carbons (Fsp3) is 0.175. The summed E-state index contributed by atoms with van der Waals surface area (Å²) in [6.45, 7) is 0.0540. The third-order valence-corrected chi connectivity index (χ3v) is 31.0. The van der Waals surface area contributed by atoms with Crippen molar-refractivity contribution in [3.8, 4) is 0 Å². The van der Waals surface area contributed by atoms with Gasteiger partial charge in [-0.3, -0.25) is 4.79 Å². The van der Waals surface area contributed by atoms with E-state index < -0.39 is 59.0 Å². The van der Waals surface area contributed by atoms with Crippen LogP contribution in [0.2, 0.25) is 0 Å². The molecule has 0 amide bonds. The maximum Gasteiger partial charge on any atom is 0.225 e. The van der Waals surface area contributed by atoms with E-state index in [4.69, 9.17) is 10.8 Å². The smallest absolute Gasteiger partial charge is 0.225 e. The zero-order valence-corrected chi connectivity index (χ0v) is 51.3. The van der Waals surface area contributed by atoms with E-state index in [1.54, 1.807) is 47.7 Å². The highest BCUT2D eigenvalue weighted by Gasteiger charge is 2.25. The number of aldehydes is 1. The van der Waals surface area contributed by atoms with Crippen LogP contribution in [0.3, 0.4) is 0 Å². The van der Waals surface area contributed by atoms with Gasteiger partial charge in [-0.2, -0.15) is 0 Å². The van der Waals surface area contributed by atoms with Crippen molar-refractivity contribution in [1.29, 1.82) is 0 Å². The standard InChI is InChI=1S/C10H11NO4S4.C10H10O5S4.C10H8O3S4.C5H5BrO2S2.C4H4S2.CH4/c2*1-18(12,13)8-4-5-10(17-8)19(14,15)9-3-2-7(6-11)16-9;1-17(12,13)10-5-4-9(16-10)15-8-3-2-7(6-11)14-8;1-10(7,8)5-3-2-4(6)9-5;5-4-2-1-3-6-4;/h2-5H,6,11H2,1H3;2-5,11H,6H2,1H3;2-6H,1H3;2-3H,1H3;1-3,5H;1H4. The van der Waals surface area contributed by atoms with Gasteiger partial charge in [0.1, 0.15) is 33.7 Å². The summed E-state index contributed by atoms with van der Waals surface area (Å²) in [7, 11) is -20.3. The van der Waals surface area contributed by atoms with Crippen LogP contribution in [-0.4, -0.2) is 86.9 Å². The number of aliphatic hydroxyl groups excluding tert-OH is 1. The Morgan fingerprint density at radius 1 is 0.528 bits per heavy atom. The van der Waals surface area contributed by atoms with E-state index in [1.807, 2.05) is 23.6 Å². The van der Waals surface area contributed by atoms with Crippen molar-refractivity contribution >= 4 is 196 Å². The Balaban J connectivity index is 0.000000247. The molecule has 0 aromatic carbocycles. The van der Waals surface area contributed by atoms with Gasteiger partial charge in [-0.25, -0.2) is 50.5 Å². The molecule has 0 radical (unpaired) electrons. The molecule has 3 N–H and O–H groups in total. The molecule has 72 heavy (non-hydrogen) atoms. The average molecular weight is 1350 g/mol. The van der Waals surface area contributed by atoms with E-state index >= 15 is 0 Å². The molecule has 0 atom stereocenters. The molecule has 8 aromatic heterocycles. The monoisotopic (exact) mass is 1350 g/mol. The number of sulfone groups is 6. The van der Waals surface area contributed by atoms with Gasteiger partial charge in [0.15, 0.2) is 45.6 Å². The van der Waals surface area contributed by atoms with Crippen molar-refractivity contribution in [2.75, 3.05) is 25.0 Å². The third-order valence-electron chi connectivity index (χ3n) is 7.80. The van der Waals surface area contributed by atoms with Gasteiger partial charge in [-0.1, -0.05) is 25.3 Å². The fourth-order valence-corrected chi connectivity index (χ4v) is 22.9. The molecule has 394 valence electrons. The summed E-state index contributed by atoms with van der Waals surface area (Å²) in [5, 5.41) is 10.9. The van der Waals surface area contributed by atoms with Crippen LogP contribution in [0.4, 0.5) is 0 Å². The van der Waals surface area contributed by atoms with Crippen LogP contribution in [0.25, 0.3) is 0 Å². The first kappa shape index (κ1) is 64.4. The molecule has 0 unspecified atom stereocenters. The van der Waals surface area contributed by atoms with Crippen LogP contribution in [0.1, 0.15) is 26.9 Å². The van der Waals surface area contributed by atoms with Crippen molar-refractivity contribution in [3.63, 3.8) is 0 Å². The molecular formula is C40H42BrNO14S16. The highest BCUT2D eigenvalue weighted by Crippen LogP contribution is 2.39. The predicted molar refractivity (Wildman–Crippen MR) is 303 cm³/mol. The lowest BCUT2D eigenvalue weighted by Gasteiger charge is -1.97. The second-order valence-corrected chi connectivity index (χ2v) is 39.8. The first-order chi connectivity index (χ1) is 32.9. The van der Waals surface area contributed by atoms with Crippen molar-refractivity contribution in [3.05, 3.63) is 121 Å². The Labute approximate surface area is 469 Å². The van der Waals surface area contributed by atoms with Gasteiger partial charge < -0.3 is 10.8 Å². The van der Waals surface area contributed by atoms with E-state index in [9.17, 15) is 55.3 Å². The zero-order valence-electron chi connectivity index (χ0n) is 36.6. The molecule has 8 aromatic rings. The van der Waals surface area contributed by atoms with Gasteiger partial charge in [0.05, 0.1) is 27.9 Å². The Hall–Kier alpha value is -1.93. The van der Waals surface area contributed by atoms with Crippen LogP contribution >= 0.6 is 131 Å². The van der Waals surface area contributed by atoms with Gasteiger partial charge in [-0.05, 0) is 112 Å². The van der Waals surface area contributed by atoms with Crippen LogP contribution in [0.15, 0.2) is 153 Å². The topological polar surface area (TPSA) is 268 Å². The van der Waals surface area contributed by atoms with Crippen LogP contribution in [-0.2, 0) is 72.2 Å². The maximum atomic E-state index is 12.3. The van der Waals surface area contributed by atoms with E-state index in [2.05, 4.69) is 28.6 Å². The summed E-state index contributed by atoms with van der Waals surface area (Å²) in [5.41, 5.74) is 5.45. The quantitative estimate of drug-likeness (QED) is 0.0715. The minimum atomic E-state index is -3.71. The van der Waals surface area contributed by atoms with E-state index in [0.717, 1.165) is 85.4 Å². The molecule has 0 bridgehead atoms. The lowest BCUT2D eigenvalue weighted by Crippen LogP contribution is -1.96. The third kappa shape index (κ3) is 19.3. The van der Waals surface area contributed by atoms with Gasteiger partial charge in [0.2, 0.25) is 19.7 Å². The Morgan fingerprint density at radius 2 is 0.917 bits per heavy atom. The molecule has 32 heteroatoms. The summed E-state index contributed by atoms with van der Waals surface area (Å²) in [6, 6.07) is 25.5. The van der Waals surface area contributed by atoms with E-state index in [-0.39, 0.29) is 45.8 Å². The molecule has 0 fully saturated rings. The molecule has 0 saturated carbocycles. The molecule has 0 aliphatic rings. The number of thiophene rings is 8. The Morgan fingerprint density at radius 3 is 1.24 bits per heavy atom. The number of halogens is 1. The highest BCUT2D eigenvalue weighted by molar-refractivity contribution is 9.11. The van der Waals surface area contributed by atoms with Crippen molar-refractivity contribution in [2.24, 2.45) is 5.73 Å². The van der Waals surface area contributed by atoms with Crippen molar-refractivity contribution in [2.45, 2.75) is 66.9 Å². The van der Waals surface area contributed by atoms with Crippen LogP contribution in [0.5, 0.6) is 0 Å². The number of hydrogen-bond acceptors (Lipinski definition) is 25. The molecule has 0 aliphatic heterocycles. The summed E-state index contributed by atoms with van der Waals surface area (Å²) in [4.78, 5) is 12.5. The van der Waals surface area contributed by atoms with Gasteiger partial charge in [0.25, 0.3) is 0 Å². The van der Waals surface area contributed by atoms with Crippen molar-refractivity contribution in [1.82, 2.24) is 0 Å². The van der Waals surface area contributed by atoms with E-state index in [0.29, 0.717) is 18.2 Å². The van der Waals surface area contributed by atoms with Crippen LogP contribution in [0, 0.1) is 0 Å². The molecule has 15 nitrogen and oxygen atoms in total. The maximum absolute atomic E-state index is 12.3. The zero-order chi connectivity index (χ0) is 53.2. The summed E-state index contributed by atoms with van der Waals surface area (Å²) >= 11 is 17.8. The van der Waals surface area contributed by atoms with Gasteiger partial charge in [-0.15, -0.1) is 103 Å². The number of hydrogen-bond donors (Lipinski definition) is 3. The Kier molecular flexibility index (Phi) is 24.5. The predicted octanol–water partition coefficient (Wildman–Crippen LogP) is 10.8. The number of aliphatic hydroxyl groups is 1. The minimum absolute atomic E-state index is 0. The largest absolute Gasteiger partial charge is 0.391 e. The normalized spacial score (nSPS) is 11.8. The SMILES string of the molecule is C.CS(=O)(=O)c1ccc(Br)s1.CS(=O)(=O)c1ccc(S(=O)(=O)c2ccc(CN)s2)s1.CS(=O)(=O)c1ccc(S(=O)(=O)c2ccc(CO)s2)s1.CS(=O)(=O)c1ccc(Sc2ccc(C=O)s2)s1.Sc1cccs1. The average Bonchev–Trinajstić information content (AvgIpc) is 4.13. The second-order valence-electron chi connectivity index (χ2n) is 13.5. The number of thiol groups is 1. The summed E-state index contributed by atoms with van der Waals surface area (Å²) in [6.07, 6.45) is 5.29. The number of rotatable bonds is 13. The molecule has 0 saturated heterocycles. The highest BCUT2D eigenvalue weighted by atomic mass is 79.9. The van der Waals surface area contributed by atoms with Gasteiger partial charge >= 0.3 is 0 Å². The van der Waals surface area contributed by atoms with E-state index in [1.165, 1.54) is 101 Å². The van der Waals surface area contributed by atoms with Gasteiger partial charge in [0, 0.05) is 41.3 Å².